The summed E-state index contributed by atoms with van der Waals surface area (Å²) >= 11 is 0. The molecular weight excluding hydrogens is 192 g/mol. The van der Waals surface area contributed by atoms with Crippen molar-refractivity contribution in [3.63, 3.8) is 0 Å². The number of hydrogen-bond donors (Lipinski definition) is 1. The van der Waals surface area contributed by atoms with Crippen molar-refractivity contribution < 1.29 is 14.6 Å². The fourth-order valence-corrected chi connectivity index (χ4v) is 1.51. The Morgan fingerprint density at radius 2 is 2.00 bits per heavy atom. The Bertz CT molecular complexity index is 308. The first kappa shape index (κ1) is 11.9. The molecule has 0 radical (unpaired) electrons. The number of rotatable bonds is 5. The van der Waals surface area contributed by atoms with Gasteiger partial charge in [0.15, 0.2) is 11.5 Å². The van der Waals surface area contributed by atoms with Gasteiger partial charge in [-0.05, 0) is 31.4 Å². The zero-order valence-corrected chi connectivity index (χ0v) is 9.49. The third-order valence-corrected chi connectivity index (χ3v) is 2.32. The molecule has 1 aromatic rings. The summed E-state index contributed by atoms with van der Waals surface area (Å²) < 4.78 is 10.5. The van der Waals surface area contributed by atoms with Gasteiger partial charge in [0, 0.05) is 0 Å². The third kappa shape index (κ3) is 3.13. The lowest BCUT2D eigenvalue weighted by Gasteiger charge is -2.12. The Balaban J connectivity index is 2.86. The number of aryl methyl sites for hydroxylation is 1. The summed E-state index contributed by atoms with van der Waals surface area (Å²) in [6.45, 7) is 1.78. The Morgan fingerprint density at radius 1 is 1.27 bits per heavy atom. The number of aliphatic hydroxyl groups excluding tert-OH is 1. The van der Waals surface area contributed by atoms with Crippen molar-refractivity contribution in [2.24, 2.45) is 0 Å². The monoisotopic (exact) mass is 210 g/mol. The number of para-hydroxylation sites is 1. The Hall–Kier alpha value is -1.22. The molecule has 0 aromatic heterocycles. The van der Waals surface area contributed by atoms with Crippen LogP contribution in [0.3, 0.4) is 0 Å². The van der Waals surface area contributed by atoms with Gasteiger partial charge in [-0.1, -0.05) is 12.1 Å². The Kier molecular flexibility index (Phi) is 4.43. The van der Waals surface area contributed by atoms with Gasteiger partial charge in [0.25, 0.3) is 0 Å². The standard InChI is InChI=1S/C12H18O3/c1-9(13)7-8-10-5-4-6-11(14-2)12(10)15-3/h4-6,9,13H,7-8H2,1-3H3/t9-/m0/s1. The second-order valence-corrected chi connectivity index (χ2v) is 3.54. The highest BCUT2D eigenvalue weighted by Gasteiger charge is 2.09. The van der Waals surface area contributed by atoms with E-state index in [1.807, 2.05) is 18.2 Å². The number of hydrogen-bond acceptors (Lipinski definition) is 3. The third-order valence-electron chi connectivity index (χ3n) is 2.32. The van der Waals surface area contributed by atoms with Crippen LogP contribution in [0.1, 0.15) is 18.9 Å². The molecule has 1 atom stereocenters. The molecule has 1 N–H and O–H groups in total. The lowest BCUT2D eigenvalue weighted by Crippen LogP contribution is -2.03. The molecule has 0 aliphatic rings. The van der Waals surface area contributed by atoms with E-state index in [-0.39, 0.29) is 6.10 Å². The van der Waals surface area contributed by atoms with E-state index in [0.717, 1.165) is 29.9 Å². The predicted molar refractivity (Wildman–Crippen MR) is 59.5 cm³/mol. The topological polar surface area (TPSA) is 38.7 Å². The molecule has 3 heteroatoms. The maximum absolute atomic E-state index is 9.23. The van der Waals surface area contributed by atoms with E-state index in [1.165, 1.54) is 0 Å². The summed E-state index contributed by atoms with van der Waals surface area (Å²) in [4.78, 5) is 0. The van der Waals surface area contributed by atoms with Crippen LogP contribution in [0.4, 0.5) is 0 Å². The van der Waals surface area contributed by atoms with Crippen molar-refractivity contribution in [3.8, 4) is 11.5 Å². The number of benzene rings is 1. The van der Waals surface area contributed by atoms with E-state index in [9.17, 15) is 5.11 Å². The predicted octanol–water partition coefficient (Wildman–Crippen LogP) is 2.02. The lowest BCUT2D eigenvalue weighted by molar-refractivity contribution is 0.184. The van der Waals surface area contributed by atoms with Crippen molar-refractivity contribution in [2.75, 3.05) is 14.2 Å². The van der Waals surface area contributed by atoms with Gasteiger partial charge in [-0.15, -0.1) is 0 Å². The summed E-state index contributed by atoms with van der Waals surface area (Å²) in [5, 5.41) is 9.23. The molecule has 0 bridgehead atoms. The van der Waals surface area contributed by atoms with Gasteiger partial charge in [-0.3, -0.25) is 0 Å². The SMILES string of the molecule is COc1cccc(CC[C@H](C)O)c1OC. The molecule has 0 fully saturated rings. The molecule has 0 heterocycles. The van der Waals surface area contributed by atoms with Crippen molar-refractivity contribution in [3.05, 3.63) is 23.8 Å². The summed E-state index contributed by atoms with van der Waals surface area (Å²) in [5.74, 6) is 1.50. The highest BCUT2D eigenvalue weighted by Crippen LogP contribution is 2.31. The van der Waals surface area contributed by atoms with Crippen molar-refractivity contribution >= 4 is 0 Å². The zero-order valence-electron chi connectivity index (χ0n) is 9.49. The van der Waals surface area contributed by atoms with Gasteiger partial charge >= 0.3 is 0 Å². The van der Waals surface area contributed by atoms with E-state index >= 15 is 0 Å². The molecule has 0 unspecified atom stereocenters. The molecule has 3 nitrogen and oxygen atoms in total. The molecule has 0 saturated heterocycles. The second kappa shape index (κ2) is 5.61. The molecule has 0 amide bonds. The van der Waals surface area contributed by atoms with E-state index in [0.29, 0.717) is 0 Å². The minimum Gasteiger partial charge on any atom is -0.493 e. The largest absolute Gasteiger partial charge is 0.493 e. The average Bonchev–Trinajstić information content (AvgIpc) is 2.25. The van der Waals surface area contributed by atoms with Crippen LogP contribution in [0.15, 0.2) is 18.2 Å². The van der Waals surface area contributed by atoms with E-state index in [2.05, 4.69) is 0 Å². The van der Waals surface area contributed by atoms with Crippen LogP contribution >= 0.6 is 0 Å². The molecule has 1 rings (SSSR count). The molecular formula is C12H18O3. The fourth-order valence-electron chi connectivity index (χ4n) is 1.51. The van der Waals surface area contributed by atoms with Gasteiger partial charge in [-0.2, -0.15) is 0 Å². The van der Waals surface area contributed by atoms with Crippen molar-refractivity contribution in [1.29, 1.82) is 0 Å². The molecule has 0 spiro atoms. The fraction of sp³-hybridized carbons (Fsp3) is 0.500. The minimum absolute atomic E-state index is 0.291. The first-order chi connectivity index (χ1) is 7.19. The smallest absolute Gasteiger partial charge is 0.163 e. The molecule has 15 heavy (non-hydrogen) atoms. The highest BCUT2D eigenvalue weighted by molar-refractivity contribution is 5.46. The van der Waals surface area contributed by atoms with E-state index < -0.39 is 0 Å². The molecule has 0 saturated carbocycles. The average molecular weight is 210 g/mol. The molecule has 1 aromatic carbocycles. The minimum atomic E-state index is -0.291. The summed E-state index contributed by atoms with van der Waals surface area (Å²) in [6, 6.07) is 5.78. The summed E-state index contributed by atoms with van der Waals surface area (Å²) in [5.41, 5.74) is 1.07. The maximum Gasteiger partial charge on any atom is 0.163 e. The molecule has 84 valence electrons. The first-order valence-electron chi connectivity index (χ1n) is 5.07. The van der Waals surface area contributed by atoms with Crippen LogP contribution in [0.2, 0.25) is 0 Å². The molecule has 0 aliphatic heterocycles. The lowest BCUT2D eigenvalue weighted by atomic mass is 10.1. The van der Waals surface area contributed by atoms with Gasteiger partial charge in [-0.25, -0.2) is 0 Å². The van der Waals surface area contributed by atoms with Gasteiger partial charge < -0.3 is 14.6 Å². The van der Waals surface area contributed by atoms with Crippen molar-refractivity contribution in [1.82, 2.24) is 0 Å². The normalized spacial score (nSPS) is 12.3. The Labute approximate surface area is 90.6 Å². The second-order valence-electron chi connectivity index (χ2n) is 3.54. The zero-order chi connectivity index (χ0) is 11.3. The van der Waals surface area contributed by atoms with Crippen LogP contribution in [-0.4, -0.2) is 25.4 Å². The van der Waals surface area contributed by atoms with Crippen molar-refractivity contribution in [2.45, 2.75) is 25.9 Å². The van der Waals surface area contributed by atoms with E-state index in [1.54, 1.807) is 21.1 Å². The van der Waals surface area contributed by atoms with Crippen LogP contribution in [0.5, 0.6) is 11.5 Å². The van der Waals surface area contributed by atoms with Gasteiger partial charge in [0.05, 0.1) is 20.3 Å². The number of ether oxygens (including phenoxy) is 2. The maximum atomic E-state index is 9.23. The number of methoxy groups -OCH3 is 2. The first-order valence-corrected chi connectivity index (χ1v) is 5.07. The van der Waals surface area contributed by atoms with Crippen LogP contribution in [-0.2, 0) is 6.42 Å². The number of aliphatic hydroxyl groups is 1. The quantitative estimate of drug-likeness (QED) is 0.808. The van der Waals surface area contributed by atoms with Crippen LogP contribution in [0, 0.1) is 0 Å². The van der Waals surface area contributed by atoms with Gasteiger partial charge in [0.1, 0.15) is 0 Å². The summed E-state index contributed by atoms with van der Waals surface area (Å²) in [7, 11) is 3.25. The van der Waals surface area contributed by atoms with Crippen LogP contribution in [0.25, 0.3) is 0 Å². The van der Waals surface area contributed by atoms with E-state index in [4.69, 9.17) is 9.47 Å². The molecule has 0 aliphatic carbocycles. The Morgan fingerprint density at radius 3 is 2.53 bits per heavy atom. The van der Waals surface area contributed by atoms with Gasteiger partial charge in [0.2, 0.25) is 0 Å². The van der Waals surface area contributed by atoms with Crippen LogP contribution < -0.4 is 9.47 Å². The highest BCUT2D eigenvalue weighted by atomic mass is 16.5. The summed E-state index contributed by atoms with van der Waals surface area (Å²) in [6.07, 6.45) is 1.22.